The number of hydrogen-bond donors (Lipinski definition) is 2. The molecule has 0 bridgehead atoms. The number of benzene rings is 1. The summed E-state index contributed by atoms with van der Waals surface area (Å²) in [5.41, 5.74) is 1.29. The number of aliphatic hydroxyl groups is 1. The van der Waals surface area contributed by atoms with Crippen molar-refractivity contribution >= 4 is 0 Å². The smallest absolute Gasteiger partial charge is 0.223 e. The van der Waals surface area contributed by atoms with Crippen molar-refractivity contribution in [3.05, 3.63) is 64.1 Å². The molecule has 1 aromatic carbocycles. The van der Waals surface area contributed by atoms with Gasteiger partial charge in [-0.15, -0.1) is 0 Å². The summed E-state index contributed by atoms with van der Waals surface area (Å²) in [4.78, 5) is 11.5. The highest BCUT2D eigenvalue weighted by atomic mass is 16.3. The molecule has 2 rings (SSSR count). The van der Waals surface area contributed by atoms with Crippen LogP contribution in [0, 0.1) is 0 Å². The minimum Gasteiger partial charge on any atom is -0.503 e. The van der Waals surface area contributed by atoms with E-state index in [1.54, 1.807) is 10.8 Å². The topological polar surface area (TPSA) is 62.5 Å². The molecule has 0 unspecified atom stereocenters. The van der Waals surface area contributed by atoms with Crippen LogP contribution in [0.1, 0.15) is 24.2 Å². The van der Waals surface area contributed by atoms with Crippen molar-refractivity contribution in [3.63, 3.8) is 0 Å². The van der Waals surface area contributed by atoms with Gasteiger partial charge in [0.05, 0.1) is 18.3 Å². The molecule has 0 spiro atoms. The molecular formula is C16H19NO3. The van der Waals surface area contributed by atoms with Gasteiger partial charge in [0.15, 0.2) is 5.75 Å². The van der Waals surface area contributed by atoms with Gasteiger partial charge in [-0.2, -0.15) is 0 Å². The minimum atomic E-state index is -0.380. The lowest BCUT2D eigenvalue weighted by atomic mass is 10.1. The first-order valence-corrected chi connectivity index (χ1v) is 6.75. The molecule has 0 amide bonds. The van der Waals surface area contributed by atoms with E-state index >= 15 is 0 Å². The normalized spacial score (nSPS) is 12.3. The van der Waals surface area contributed by atoms with E-state index in [4.69, 9.17) is 0 Å². The Hall–Kier alpha value is -2.07. The summed E-state index contributed by atoms with van der Waals surface area (Å²) in [5, 5.41) is 19.5. The van der Waals surface area contributed by atoms with E-state index in [0.717, 1.165) is 5.56 Å². The van der Waals surface area contributed by atoms with Gasteiger partial charge in [-0.3, -0.25) is 4.79 Å². The summed E-state index contributed by atoms with van der Waals surface area (Å²) in [7, 11) is 0. The van der Waals surface area contributed by atoms with Crippen LogP contribution in [0.15, 0.2) is 47.4 Å². The Kier molecular flexibility index (Phi) is 4.58. The third-order valence-corrected chi connectivity index (χ3v) is 3.46. The van der Waals surface area contributed by atoms with Crippen LogP contribution in [0.25, 0.3) is 0 Å². The van der Waals surface area contributed by atoms with E-state index in [0.29, 0.717) is 18.5 Å². The third-order valence-electron chi connectivity index (χ3n) is 3.46. The Balaban J connectivity index is 2.37. The van der Waals surface area contributed by atoms with Gasteiger partial charge >= 0.3 is 0 Å². The number of hydrogen-bond acceptors (Lipinski definition) is 3. The Morgan fingerprint density at radius 3 is 2.50 bits per heavy atom. The maximum absolute atomic E-state index is 11.5. The van der Waals surface area contributed by atoms with Crippen molar-refractivity contribution in [3.8, 4) is 5.75 Å². The lowest BCUT2D eigenvalue weighted by Crippen LogP contribution is -2.21. The van der Waals surface area contributed by atoms with Crippen molar-refractivity contribution in [2.45, 2.75) is 25.8 Å². The SMILES string of the molecule is CCc1c(O)c(=O)ccn1[C@@H](CO)Cc1ccccc1. The maximum Gasteiger partial charge on any atom is 0.223 e. The highest BCUT2D eigenvalue weighted by Crippen LogP contribution is 2.20. The lowest BCUT2D eigenvalue weighted by Gasteiger charge is -2.22. The number of rotatable bonds is 5. The summed E-state index contributed by atoms with van der Waals surface area (Å²) in [6, 6.07) is 11.0. The van der Waals surface area contributed by atoms with Gasteiger partial charge in [-0.05, 0) is 18.4 Å². The molecule has 4 nitrogen and oxygen atoms in total. The lowest BCUT2D eigenvalue weighted by molar-refractivity contribution is 0.223. The van der Waals surface area contributed by atoms with E-state index < -0.39 is 0 Å². The Morgan fingerprint density at radius 2 is 1.90 bits per heavy atom. The van der Waals surface area contributed by atoms with Gasteiger partial charge in [-0.25, -0.2) is 0 Å². The summed E-state index contributed by atoms with van der Waals surface area (Å²) in [6.45, 7) is 1.83. The molecule has 2 aromatic rings. The zero-order chi connectivity index (χ0) is 14.5. The van der Waals surface area contributed by atoms with E-state index in [9.17, 15) is 15.0 Å². The summed E-state index contributed by atoms with van der Waals surface area (Å²) < 4.78 is 1.80. The Morgan fingerprint density at radius 1 is 1.20 bits per heavy atom. The van der Waals surface area contributed by atoms with E-state index in [1.165, 1.54) is 6.07 Å². The summed E-state index contributed by atoms with van der Waals surface area (Å²) >= 11 is 0. The molecule has 20 heavy (non-hydrogen) atoms. The monoisotopic (exact) mass is 273 g/mol. The molecule has 1 heterocycles. The van der Waals surface area contributed by atoms with Gasteiger partial charge < -0.3 is 14.8 Å². The first kappa shape index (κ1) is 14.3. The molecule has 4 heteroatoms. The fourth-order valence-corrected chi connectivity index (χ4v) is 2.41. The fraction of sp³-hybridized carbons (Fsp3) is 0.312. The van der Waals surface area contributed by atoms with Crippen LogP contribution >= 0.6 is 0 Å². The number of aliphatic hydroxyl groups excluding tert-OH is 1. The predicted octanol–water partition coefficient (Wildman–Crippen LogP) is 1.89. The van der Waals surface area contributed by atoms with Crippen molar-refractivity contribution in [1.29, 1.82) is 0 Å². The van der Waals surface area contributed by atoms with E-state index in [-0.39, 0.29) is 23.8 Å². The van der Waals surface area contributed by atoms with Crippen LogP contribution in [0.2, 0.25) is 0 Å². The molecule has 0 fully saturated rings. The molecule has 1 atom stereocenters. The second-order valence-corrected chi connectivity index (χ2v) is 4.76. The molecule has 0 aliphatic heterocycles. The third kappa shape index (κ3) is 2.91. The first-order chi connectivity index (χ1) is 9.67. The highest BCUT2D eigenvalue weighted by Gasteiger charge is 2.16. The molecule has 0 aliphatic carbocycles. The number of aromatic nitrogens is 1. The number of aromatic hydroxyl groups is 1. The molecule has 0 saturated heterocycles. The second-order valence-electron chi connectivity index (χ2n) is 4.76. The van der Waals surface area contributed by atoms with Crippen molar-refractivity contribution in [1.82, 2.24) is 4.57 Å². The van der Waals surface area contributed by atoms with Crippen molar-refractivity contribution in [2.24, 2.45) is 0 Å². The molecule has 2 N–H and O–H groups in total. The van der Waals surface area contributed by atoms with E-state index in [1.807, 2.05) is 37.3 Å². The van der Waals surface area contributed by atoms with Crippen LogP contribution in [0.3, 0.4) is 0 Å². The van der Waals surface area contributed by atoms with Crippen LogP contribution in [-0.2, 0) is 12.8 Å². The van der Waals surface area contributed by atoms with Crippen molar-refractivity contribution in [2.75, 3.05) is 6.61 Å². The predicted molar refractivity (Wildman–Crippen MR) is 78.0 cm³/mol. The molecule has 0 saturated carbocycles. The molecule has 0 radical (unpaired) electrons. The van der Waals surface area contributed by atoms with Gasteiger partial charge in [0, 0.05) is 12.3 Å². The zero-order valence-electron chi connectivity index (χ0n) is 11.5. The Labute approximate surface area is 117 Å². The van der Waals surface area contributed by atoms with Crippen LogP contribution in [0.5, 0.6) is 5.75 Å². The molecule has 106 valence electrons. The zero-order valence-corrected chi connectivity index (χ0v) is 11.5. The molecule has 1 aromatic heterocycles. The van der Waals surface area contributed by atoms with Gasteiger partial charge in [0.2, 0.25) is 5.43 Å². The number of nitrogens with zero attached hydrogens (tertiary/aromatic N) is 1. The average Bonchev–Trinajstić information content (AvgIpc) is 2.48. The minimum absolute atomic E-state index is 0.0514. The largest absolute Gasteiger partial charge is 0.503 e. The van der Waals surface area contributed by atoms with Crippen molar-refractivity contribution < 1.29 is 10.2 Å². The quantitative estimate of drug-likeness (QED) is 0.874. The second kappa shape index (κ2) is 6.39. The average molecular weight is 273 g/mol. The molecule has 0 aliphatic rings. The summed E-state index contributed by atoms with van der Waals surface area (Å²) in [6.07, 6.45) is 2.82. The summed E-state index contributed by atoms with van der Waals surface area (Å²) in [5.74, 6) is -0.221. The first-order valence-electron chi connectivity index (χ1n) is 6.75. The van der Waals surface area contributed by atoms with Gasteiger partial charge in [-0.1, -0.05) is 37.3 Å². The van der Waals surface area contributed by atoms with Gasteiger partial charge in [0.25, 0.3) is 0 Å². The molecular weight excluding hydrogens is 254 g/mol. The van der Waals surface area contributed by atoms with Crippen LogP contribution < -0.4 is 5.43 Å². The van der Waals surface area contributed by atoms with Crippen LogP contribution in [-0.4, -0.2) is 21.4 Å². The Bertz CT molecular complexity index is 619. The number of pyridine rings is 1. The van der Waals surface area contributed by atoms with Crippen LogP contribution in [0.4, 0.5) is 0 Å². The standard InChI is InChI=1S/C16H19NO3/c1-2-14-16(20)15(19)8-9-17(14)13(11-18)10-12-6-4-3-5-7-12/h3-9,13,18,20H,2,10-11H2,1H3/t13-/m1/s1. The highest BCUT2D eigenvalue weighted by molar-refractivity contribution is 5.27. The van der Waals surface area contributed by atoms with Gasteiger partial charge in [0.1, 0.15) is 0 Å². The maximum atomic E-state index is 11.5. The van der Waals surface area contributed by atoms with E-state index in [2.05, 4.69) is 0 Å². The fourth-order valence-electron chi connectivity index (χ4n) is 2.41.